The Labute approximate surface area is 130 Å². The zero-order valence-electron chi connectivity index (χ0n) is 10.5. The van der Waals surface area contributed by atoms with E-state index in [-0.39, 0.29) is 11.9 Å². The second-order valence-electron chi connectivity index (χ2n) is 4.81. The van der Waals surface area contributed by atoms with Crippen molar-refractivity contribution in [3.63, 3.8) is 0 Å². The average Bonchev–Trinajstić information content (AvgIpc) is 2.33. The minimum absolute atomic E-state index is 0.00266. The van der Waals surface area contributed by atoms with Crippen molar-refractivity contribution in [2.45, 2.75) is 18.9 Å². The van der Waals surface area contributed by atoms with Crippen molar-refractivity contribution in [1.29, 1.82) is 0 Å². The molecule has 0 aromatic heterocycles. The van der Waals surface area contributed by atoms with Crippen LogP contribution in [-0.2, 0) is 4.79 Å². The molecule has 104 valence electrons. The molecule has 1 saturated heterocycles. The topological polar surface area (TPSA) is 58.4 Å². The van der Waals surface area contributed by atoms with Gasteiger partial charge in [-0.2, -0.15) is 0 Å². The first-order chi connectivity index (χ1) is 9.04. The third kappa shape index (κ3) is 4.56. The fourth-order valence-electron chi connectivity index (χ4n) is 2.22. The highest BCUT2D eigenvalue weighted by Crippen LogP contribution is 2.26. The number of hydrogen-bond acceptors (Lipinski definition) is 3. The highest BCUT2D eigenvalue weighted by Gasteiger charge is 2.19. The summed E-state index contributed by atoms with van der Waals surface area (Å²) >= 11 is 6.82. The number of benzene rings is 1. The third-order valence-corrected chi connectivity index (χ3v) is 4.26. The van der Waals surface area contributed by atoms with Crippen molar-refractivity contribution in [2.75, 3.05) is 25.0 Å². The van der Waals surface area contributed by atoms with Crippen LogP contribution in [-0.4, -0.2) is 36.5 Å². The zero-order chi connectivity index (χ0) is 13.8. The van der Waals surface area contributed by atoms with Crippen LogP contribution in [0.3, 0.4) is 0 Å². The predicted molar refractivity (Wildman–Crippen MR) is 84.1 cm³/mol. The van der Waals surface area contributed by atoms with E-state index in [1.54, 1.807) is 0 Å². The van der Waals surface area contributed by atoms with Crippen LogP contribution in [0.2, 0.25) is 0 Å². The van der Waals surface area contributed by atoms with Gasteiger partial charge < -0.3 is 11.1 Å². The van der Waals surface area contributed by atoms with Gasteiger partial charge in [0, 0.05) is 21.5 Å². The molecule has 19 heavy (non-hydrogen) atoms. The van der Waals surface area contributed by atoms with Crippen molar-refractivity contribution in [3.8, 4) is 0 Å². The summed E-state index contributed by atoms with van der Waals surface area (Å²) in [5, 5.41) is 2.91. The molecule has 6 heteroatoms. The molecule has 1 aliphatic heterocycles. The van der Waals surface area contributed by atoms with E-state index in [9.17, 15) is 4.79 Å². The predicted octanol–water partition coefficient (Wildman–Crippen LogP) is 2.57. The van der Waals surface area contributed by atoms with Crippen molar-refractivity contribution < 1.29 is 4.79 Å². The van der Waals surface area contributed by atoms with E-state index in [1.165, 1.54) is 0 Å². The summed E-state index contributed by atoms with van der Waals surface area (Å²) in [6, 6.07) is 5.87. The molecule has 1 atom stereocenters. The Kier molecular flexibility index (Phi) is 5.38. The Bertz CT molecular complexity index is 467. The van der Waals surface area contributed by atoms with Gasteiger partial charge in [0.1, 0.15) is 0 Å². The molecule has 1 amide bonds. The molecule has 3 N–H and O–H groups in total. The number of rotatable bonds is 3. The van der Waals surface area contributed by atoms with Gasteiger partial charge in [0.15, 0.2) is 0 Å². The van der Waals surface area contributed by atoms with Gasteiger partial charge in [-0.3, -0.25) is 9.69 Å². The normalized spacial score (nSPS) is 20.3. The molecule has 0 bridgehead atoms. The number of nitrogens with one attached hydrogen (secondary N) is 1. The molecule has 1 aromatic rings. The number of anilines is 1. The van der Waals surface area contributed by atoms with Gasteiger partial charge in [-0.05, 0) is 53.5 Å². The summed E-state index contributed by atoms with van der Waals surface area (Å²) in [6.07, 6.45) is 2.12. The van der Waals surface area contributed by atoms with Crippen LogP contribution in [0.15, 0.2) is 27.1 Å². The Balaban J connectivity index is 1.90. The van der Waals surface area contributed by atoms with Crippen LogP contribution in [0.1, 0.15) is 12.8 Å². The number of nitrogens with two attached hydrogens (primary N) is 1. The number of hydrogen-bond donors (Lipinski definition) is 2. The summed E-state index contributed by atoms with van der Waals surface area (Å²) in [5.74, 6) is -0.00266. The molecule has 0 aliphatic carbocycles. The third-order valence-electron chi connectivity index (χ3n) is 3.11. The SMILES string of the molecule is NC1CCCN(CC(=O)Nc2ccc(Br)cc2Br)C1. The van der Waals surface area contributed by atoms with Crippen LogP contribution in [0, 0.1) is 0 Å². The smallest absolute Gasteiger partial charge is 0.238 e. The van der Waals surface area contributed by atoms with E-state index in [0.717, 1.165) is 40.6 Å². The quantitative estimate of drug-likeness (QED) is 0.833. The molecule has 1 unspecified atom stereocenters. The van der Waals surface area contributed by atoms with Gasteiger partial charge in [-0.15, -0.1) is 0 Å². The summed E-state index contributed by atoms with van der Waals surface area (Å²) in [7, 11) is 0. The van der Waals surface area contributed by atoms with E-state index in [2.05, 4.69) is 42.1 Å². The second-order valence-corrected chi connectivity index (χ2v) is 6.58. The number of piperidine rings is 1. The van der Waals surface area contributed by atoms with E-state index < -0.39 is 0 Å². The minimum atomic E-state index is -0.00266. The summed E-state index contributed by atoms with van der Waals surface area (Å²) in [6.45, 7) is 2.15. The Morgan fingerprint density at radius 3 is 2.95 bits per heavy atom. The fraction of sp³-hybridized carbons (Fsp3) is 0.462. The van der Waals surface area contributed by atoms with Crippen molar-refractivity contribution in [3.05, 3.63) is 27.1 Å². The maximum atomic E-state index is 12.0. The standard InChI is InChI=1S/C13H17Br2N3O/c14-9-3-4-12(11(15)6-9)17-13(19)8-18-5-1-2-10(16)7-18/h3-4,6,10H,1-2,5,7-8,16H2,(H,17,19). The Morgan fingerprint density at radius 1 is 1.47 bits per heavy atom. The van der Waals surface area contributed by atoms with Crippen LogP contribution in [0.4, 0.5) is 5.69 Å². The number of carbonyl (C=O) groups is 1. The number of likely N-dealkylation sites (tertiary alicyclic amines) is 1. The Morgan fingerprint density at radius 2 is 2.26 bits per heavy atom. The number of carbonyl (C=O) groups excluding carboxylic acids is 1. The maximum absolute atomic E-state index is 12.0. The molecule has 0 saturated carbocycles. The lowest BCUT2D eigenvalue weighted by molar-refractivity contribution is -0.117. The van der Waals surface area contributed by atoms with Crippen LogP contribution in [0.25, 0.3) is 0 Å². The molecular weight excluding hydrogens is 374 g/mol. The average molecular weight is 391 g/mol. The first kappa shape index (κ1) is 15.0. The van der Waals surface area contributed by atoms with E-state index in [4.69, 9.17) is 5.73 Å². The molecule has 1 aliphatic rings. The highest BCUT2D eigenvalue weighted by atomic mass is 79.9. The minimum Gasteiger partial charge on any atom is -0.327 e. The fourth-order valence-corrected chi connectivity index (χ4v) is 3.36. The van der Waals surface area contributed by atoms with E-state index >= 15 is 0 Å². The Hall–Kier alpha value is -0.430. The van der Waals surface area contributed by atoms with Crippen molar-refractivity contribution >= 4 is 43.5 Å². The number of nitrogens with zero attached hydrogens (tertiary/aromatic N) is 1. The molecule has 0 spiro atoms. The molecule has 2 rings (SSSR count). The highest BCUT2D eigenvalue weighted by molar-refractivity contribution is 9.11. The lowest BCUT2D eigenvalue weighted by Gasteiger charge is -2.29. The van der Waals surface area contributed by atoms with Crippen molar-refractivity contribution in [1.82, 2.24) is 4.90 Å². The van der Waals surface area contributed by atoms with Crippen molar-refractivity contribution in [2.24, 2.45) is 5.73 Å². The lowest BCUT2D eigenvalue weighted by Crippen LogP contribution is -2.45. The van der Waals surface area contributed by atoms with Crippen LogP contribution in [0.5, 0.6) is 0 Å². The number of amides is 1. The lowest BCUT2D eigenvalue weighted by atomic mass is 10.1. The summed E-state index contributed by atoms with van der Waals surface area (Å²) in [5.41, 5.74) is 6.69. The van der Waals surface area contributed by atoms with Gasteiger partial charge in [0.2, 0.25) is 5.91 Å². The molecule has 1 aromatic carbocycles. The first-order valence-corrected chi connectivity index (χ1v) is 7.86. The van der Waals surface area contributed by atoms with E-state index in [0.29, 0.717) is 6.54 Å². The molecule has 1 heterocycles. The maximum Gasteiger partial charge on any atom is 0.238 e. The molecule has 4 nitrogen and oxygen atoms in total. The second kappa shape index (κ2) is 6.83. The molecule has 0 radical (unpaired) electrons. The molecular formula is C13H17Br2N3O. The molecule has 1 fully saturated rings. The van der Waals surface area contributed by atoms with Gasteiger partial charge in [-0.25, -0.2) is 0 Å². The zero-order valence-corrected chi connectivity index (χ0v) is 13.7. The van der Waals surface area contributed by atoms with Gasteiger partial charge in [0.05, 0.1) is 12.2 Å². The largest absolute Gasteiger partial charge is 0.327 e. The summed E-state index contributed by atoms with van der Waals surface area (Å²) < 4.78 is 1.84. The van der Waals surface area contributed by atoms with Crippen LogP contribution < -0.4 is 11.1 Å². The van der Waals surface area contributed by atoms with Gasteiger partial charge in [0.25, 0.3) is 0 Å². The first-order valence-electron chi connectivity index (χ1n) is 6.27. The van der Waals surface area contributed by atoms with E-state index in [1.807, 2.05) is 18.2 Å². The summed E-state index contributed by atoms with van der Waals surface area (Å²) in [4.78, 5) is 14.1. The van der Waals surface area contributed by atoms with Gasteiger partial charge in [-0.1, -0.05) is 15.9 Å². The number of halogens is 2. The van der Waals surface area contributed by atoms with Gasteiger partial charge >= 0.3 is 0 Å². The van der Waals surface area contributed by atoms with Crippen LogP contribution >= 0.6 is 31.9 Å². The monoisotopic (exact) mass is 389 g/mol.